The van der Waals surface area contributed by atoms with Crippen LogP contribution in [0.4, 0.5) is 4.39 Å². The molecule has 0 saturated heterocycles. The molecular formula is C14H13ClFNO2. The minimum Gasteiger partial charge on any atom is -0.495 e. The van der Waals surface area contributed by atoms with E-state index in [2.05, 4.69) is 4.98 Å². The minimum absolute atomic E-state index is 0.277. The van der Waals surface area contributed by atoms with Crippen LogP contribution in [0.15, 0.2) is 36.7 Å². The standard InChI is InChI=1S/C14H13ClFNO2/c1-19-14-8-17-5-4-11(14)13(18)6-9-2-3-10(16)7-12(9)15/h2-5,7-8,13,18H,6H2,1H3. The summed E-state index contributed by atoms with van der Waals surface area (Å²) in [5.74, 6) is 0.109. The van der Waals surface area contributed by atoms with Gasteiger partial charge in [0.15, 0.2) is 0 Å². The number of rotatable bonds is 4. The molecule has 19 heavy (non-hydrogen) atoms. The minimum atomic E-state index is -0.791. The number of methoxy groups -OCH3 is 1. The zero-order valence-corrected chi connectivity index (χ0v) is 11.1. The van der Waals surface area contributed by atoms with Crippen molar-refractivity contribution in [3.05, 3.63) is 58.6 Å². The maximum absolute atomic E-state index is 13.0. The lowest BCUT2D eigenvalue weighted by Crippen LogP contribution is -2.05. The molecule has 1 N–H and O–H groups in total. The van der Waals surface area contributed by atoms with Crippen LogP contribution in [0.3, 0.4) is 0 Å². The number of pyridine rings is 1. The average Bonchev–Trinajstić information content (AvgIpc) is 2.41. The van der Waals surface area contributed by atoms with E-state index in [9.17, 15) is 9.50 Å². The van der Waals surface area contributed by atoms with Gasteiger partial charge >= 0.3 is 0 Å². The molecule has 0 amide bonds. The zero-order chi connectivity index (χ0) is 13.8. The van der Waals surface area contributed by atoms with Crippen LogP contribution >= 0.6 is 11.6 Å². The summed E-state index contributed by atoms with van der Waals surface area (Å²) in [5.41, 5.74) is 1.30. The number of nitrogens with zero attached hydrogens (tertiary/aromatic N) is 1. The first-order valence-corrected chi connectivity index (χ1v) is 6.09. The van der Waals surface area contributed by atoms with Crippen molar-refractivity contribution in [1.29, 1.82) is 0 Å². The highest BCUT2D eigenvalue weighted by Gasteiger charge is 2.15. The van der Waals surface area contributed by atoms with E-state index >= 15 is 0 Å². The summed E-state index contributed by atoms with van der Waals surface area (Å²) in [7, 11) is 1.51. The summed E-state index contributed by atoms with van der Waals surface area (Å²) >= 11 is 5.94. The lowest BCUT2D eigenvalue weighted by molar-refractivity contribution is 0.174. The highest BCUT2D eigenvalue weighted by molar-refractivity contribution is 6.31. The summed E-state index contributed by atoms with van der Waals surface area (Å²) in [6.45, 7) is 0. The Morgan fingerprint density at radius 1 is 1.42 bits per heavy atom. The van der Waals surface area contributed by atoms with Crippen LogP contribution in [-0.4, -0.2) is 17.2 Å². The number of hydrogen-bond acceptors (Lipinski definition) is 3. The molecule has 0 aliphatic carbocycles. The zero-order valence-electron chi connectivity index (χ0n) is 10.3. The Hall–Kier alpha value is -1.65. The van der Waals surface area contributed by atoms with Crippen molar-refractivity contribution < 1.29 is 14.2 Å². The van der Waals surface area contributed by atoms with E-state index in [1.54, 1.807) is 18.3 Å². The van der Waals surface area contributed by atoms with Gasteiger partial charge < -0.3 is 9.84 Å². The summed E-state index contributed by atoms with van der Waals surface area (Å²) in [6, 6.07) is 5.79. The van der Waals surface area contributed by atoms with Crippen LogP contribution in [0.2, 0.25) is 5.02 Å². The van der Waals surface area contributed by atoms with Crippen LogP contribution in [0.25, 0.3) is 0 Å². The molecule has 0 spiro atoms. The van der Waals surface area contributed by atoms with Gasteiger partial charge in [-0.3, -0.25) is 4.98 Å². The monoisotopic (exact) mass is 281 g/mol. The third-order valence-corrected chi connectivity index (χ3v) is 3.18. The molecule has 2 rings (SSSR count). The predicted octanol–water partition coefficient (Wildman–Crippen LogP) is 3.16. The molecule has 1 aromatic carbocycles. The van der Waals surface area contributed by atoms with E-state index in [1.165, 1.54) is 25.4 Å². The Balaban J connectivity index is 2.23. The number of halogens is 2. The van der Waals surface area contributed by atoms with Crippen molar-refractivity contribution in [2.24, 2.45) is 0 Å². The van der Waals surface area contributed by atoms with Crippen molar-refractivity contribution in [3.8, 4) is 5.75 Å². The van der Waals surface area contributed by atoms with Crippen molar-refractivity contribution in [2.75, 3.05) is 7.11 Å². The predicted molar refractivity (Wildman–Crippen MR) is 70.9 cm³/mol. The lowest BCUT2D eigenvalue weighted by Gasteiger charge is -2.15. The second-order valence-electron chi connectivity index (χ2n) is 4.07. The van der Waals surface area contributed by atoms with Crippen molar-refractivity contribution in [2.45, 2.75) is 12.5 Å². The van der Waals surface area contributed by atoms with E-state index in [4.69, 9.17) is 16.3 Å². The van der Waals surface area contributed by atoms with Crippen LogP contribution in [0.5, 0.6) is 5.75 Å². The normalized spacial score (nSPS) is 12.2. The van der Waals surface area contributed by atoms with Gasteiger partial charge in [0.05, 0.1) is 19.4 Å². The van der Waals surface area contributed by atoms with Gasteiger partial charge in [0.1, 0.15) is 11.6 Å². The number of hydrogen-bond donors (Lipinski definition) is 1. The maximum atomic E-state index is 13.0. The Morgan fingerprint density at radius 2 is 2.21 bits per heavy atom. The highest BCUT2D eigenvalue weighted by atomic mass is 35.5. The van der Waals surface area contributed by atoms with Crippen LogP contribution < -0.4 is 4.74 Å². The van der Waals surface area contributed by atoms with Gasteiger partial charge in [0.25, 0.3) is 0 Å². The van der Waals surface area contributed by atoms with E-state index in [1.807, 2.05) is 0 Å². The van der Waals surface area contributed by atoms with E-state index in [0.29, 0.717) is 21.9 Å². The molecule has 5 heteroatoms. The second kappa shape index (κ2) is 5.99. The third kappa shape index (κ3) is 3.22. The van der Waals surface area contributed by atoms with Gasteiger partial charge in [-0.15, -0.1) is 0 Å². The number of ether oxygens (including phenoxy) is 1. The Kier molecular flexibility index (Phi) is 4.35. The average molecular weight is 282 g/mol. The molecule has 2 aromatic rings. The van der Waals surface area contributed by atoms with Crippen molar-refractivity contribution in [3.63, 3.8) is 0 Å². The van der Waals surface area contributed by atoms with Gasteiger partial charge in [-0.05, 0) is 23.8 Å². The molecule has 0 saturated carbocycles. The first-order valence-electron chi connectivity index (χ1n) is 5.71. The molecule has 0 fully saturated rings. The van der Waals surface area contributed by atoms with E-state index in [0.717, 1.165) is 0 Å². The van der Waals surface area contributed by atoms with Gasteiger partial charge in [-0.25, -0.2) is 4.39 Å². The van der Waals surface area contributed by atoms with Gasteiger partial charge in [-0.2, -0.15) is 0 Å². The van der Waals surface area contributed by atoms with Gasteiger partial charge in [-0.1, -0.05) is 17.7 Å². The van der Waals surface area contributed by atoms with Crippen molar-refractivity contribution >= 4 is 11.6 Å². The lowest BCUT2D eigenvalue weighted by atomic mass is 10.0. The maximum Gasteiger partial charge on any atom is 0.142 e. The summed E-state index contributed by atoms with van der Waals surface area (Å²) < 4.78 is 18.1. The second-order valence-corrected chi connectivity index (χ2v) is 4.48. The SMILES string of the molecule is COc1cnccc1C(O)Cc1ccc(F)cc1Cl. The first-order chi connectivity index (χ1) is 9.11. The fourth-order valence-electron chi connectivity index (χ4n) is 1.84. The third-order valence-electron chi connectivity index (χ3n) is 2.82. The molecule has 0 radical (unpaired) electrons. The van der Waals surface area contributed by atoms with Crippen molar-refractivity contribution in [1.82, 2.24) is 4.98 Å². The number of aromatic nitrogens is 1. The molecule has 100 valence electrons. The molecule has 0 bridgehead atoms. The molecule has 1 aromatic heterocycles. The molecule has 1 atom stereocenters. The number of aliphatic hydroxyl groups excluding tert-OH is 1. The molecule has 0 aliphatic rings. The van der Waals surface area contributed by atoms with E-state index < -0.39 is 11.9 Å². The first kappa shape index (κ1) is 13.8. The van der Waals surface area contributed by atoms with E-state index in [-0.39, 0.29) is 6.42 Å². The van der Waals surface area contributed by atoms with Crippen LogP contribution in [-0.2, 0) is 6.42 Å². The topological polar surface area (TPSA) is 42.4 Å². The Labute approximate surface area is 115 Å². The number of benzene rings is 1. The van der Waals surface area contributed by atoms with Crippen LogP contribution in [0.1, 0.15) is 17.2 Å². The smallest absolute Gasteiger partial charge is 0.142 e. The summed E-state index contributed by atoms with van der Waals surface area (Å²) in [6.07, 6.45) is 2.60. The summed E-state index contributed by atoms with van der Waals surface area (Å²) in [5, 5.41) is 10.5. The Morgan fingerprint density at radius 3 is 2.89 bits per heavy atom. The molecular weight excluding hydrogens is 269 g/mol. The number of aliphatic hydroxyl groups is 1. The fraction of sp³-hybridized carbons (Fsp3) is 0.214. The van der Waals surface area contributed by atoms with Gasteiger partial charge in [0.2, 0.25) is 0 Å². The summed E-state index contributed by atoms with van der Waals surface area (Å²) in [4.78, 5) is 3.92. The highest BCUT2D eigenvalue weighted by Crippen LogP contribution is 2.28. The molecule has 1 heterocycles. The fourth-order valence-corrected chi connectivity index (χ4v) is 2.09. The van der Waals surface area contributed by atoms with Crippen LogP contribution in [0, 0.1) is 5.82 Å². The Bertz CT molecular complexity index is 577. The molecule has 0 aliphatic heterocycles. The molecule has 3 nitrogen and oxygen atoms in total. The quantitative estimate of drug-likeness (QED) is 0.936. The molecule has 1 unspecified atom stereocenters. The largest absolute Gasteiger partial charge is 0.495 e. The van der Waals surface area contributed by atoms with Gasteiger partial charge in [0, 0.05) is 23.2 Å².